The summed E-state index contributed by atoms with van der Waals surface area (Å²) in [5, 5.41) is 9.93. The highest BCUT2D eigenvalue weighted by Gasteiger charge is 2.33. The number of fused-ring (bicyclic) bond motifs is 1. The molecule has 0 spiro atoms. The molecule has 0 aliphatic carbocycles. The summed E-state index contributed by atoms with van der Waals surface area (Å²) in [4.78, 5) is 32.1. The Kier molecular flexibility index (Phi) is 3.98. The SMILES string of the molecule is Cc1nc([C@H]2CCCN2C(=O)Nc2ccc3c(c2)OCC(=O)N3C)n[nH]1. The average molecular weight is 356 g/mol. The van der Waals surface area contributed by atoms with Crippen molar-refractivity contribution < 1.29 is 14.3 Å². The van der Waals surface area contributed by atoms with E-state index in [0.29, 0.717) is 29.5 Å². The number of aromatic amines is 1. The van der Waals surface area contributed by atoms with E-state index in [-0.39, 0.29) is 24.6 Å². The number of aryl methyl sites for hydroxylation is 1. The standard InChI is InChI=1S/C17H20N6O3/c1-10-18-16(21-20-10)13-4-3-7-23(13)17(25)19-11-5-6-12-14(8-11)26-9-15(24)22(12)2/h5-6,8,13H,3-4,7,9H2,1-2H3,(H,19,25)(H,18,20,21)/t13-/m1/s1. The molecule has 1 saturated heterocycles. The van der Waals surface area contributed by atoms with Gasteiger partial charge in [-0.25, -0.2) is 9.78 Å². The van der Waals surface area contributed by atoms with Crippen LogP contribution in [0.2, 0.25) is 0 Å². The van der Waals surface area contributed by atoms with Crippen molar-refractivity contribution in [1.29, 1.82) is 0 Å². The first-order valence-corrected chi connectivity index (χ1v) is 8.53. The minimum atomic E-state index is -0.199. The van der Waals surface area contributed by atoms with E-state index in [4.69, 9.17) is 4.74 Å². The molecule has 1 fully saturated rings. The molecule has 0 radical (unpaired) electrons. The van der Waals surface area contributed by atoms with Gasteiger partial charge in [0.05, 0.1) is 11.7 Å². The molecule has 2 aliphatic heterocycles. The summed E-state index contributed by atoms with van der Waals surface area (Å²) < 4.78 is 5.47. The van der Waals surface area contributed by atoms with E-state index in [1.807, 2.05) is 6.92 Å². The maximum Gasteiger partial charge on any atom is 0.322 e. The lowest BCUT2D eigenvalue weighted by molar-refractivity contribution is -0.120. The fourth-order valence-electron chi connectivity index (χ4n) is 3.34. The summed E-state index contributed by atoms with van der Waals surface area (Å²) in [6, 6.07) is 4.94. The van der Waals surface area contributed by atoms with Gasteiger partial charge < -0.3 is 19.9 Å². The van der Waals surface area contributed by atoms with Gasteiger partial charge in [-0.05, 0) is 31.9 Å². The van der Waals surface area contributed by atoms with Crippen molar-refractivity contribution in [3.05, 3.63) is 29.8 Å². The first-order valence-electron chi connectivity index (χ1n) is 8.53. The smallest absolute Gasteiger partial charge is 0.322 e. The fourth-order valence-corrected chi connectivity index (χ4v) is 3.34. The number of nitrogens with one attached hydrogen (secondary N) is 2. The van der Waals surface area contributed by atoms with Gasteiger partial charge in [-0.1, -0.05) is 0 Å². The number of hydrogen-bond donors (Lipinski definition) is 2. The Balaban J connectivity index is 1.50. The normalized spacial score (nSPS) is 19.3. The van der Waals surface area contributed by atoms with Gasteiger partial charge in [0.15, 0.2) is 12.4 Å². The summed E-state index contributed by atoms with van der Waals surface area (Å²) in [6.45, 7) is 2.49. The fraction of sp³-hybridized carbons (Fsp3) is 0.412. The molecule has 3 heterocycles. The van der Waals surface area contributed by atoms with Gasteiger partial charge >= 0.3 is 6.03 Å². The molecule has 9 nitrogen and oxygen atoms in total. The largest absolute Gasteiger partial charge is 0.481 e. The van der Waals surface area contributed by atoms with E-state index in [9.17, 15) is 9.59 Å². The Hall–Kier alpha value is -3.10. The van der Waals surface area contributed by atoms with E-state index in [0.717, 1.165) is 18.7 Å². The Labute approximate surface area is 150 Å². The summed E-state index contributed by atoms with van der Waals surface area (Å²) >= 11 is 0. The predicted octanol–water partition coefficient (Wildman–Crippen LogP) is 1.84. The van der Waals surface area contributed by atoms with Crippen LogP contribution in [0.25, 0.3) is 0 Å². The molecule has 1 aromatic heterocycles. The number of benzene rings is 1. The second kappa shape index (κ2) is 6.32. The van der Waals surface area contributed by atoms with E-state index < -0.39 is 0 Å². The molecule has 2 aliphatic rings. The first-order chi connectivity index (χ1) is 12.5. The number of carbonyl (C=O) groups excluding carboxylic acids is 2. The average Bonchev–Trinajstić information content (AvgIpc) is 3.27. The summed E-state index contributed by atoms with van der Waals surface area (Å²) in [5.74, 6) is 1.85. The van der Waals surface area contributed by atoms with Crippen LogP contribution in [0.15, 0.2) is 18.2 Å². The van der Waals surface area contributed by atoms with E-state index in [1.54, 1.807) is 35.0 Å². The quantitative estimate of drug-likeness (QED) is 0.854. The van der Waals surface area contributed by atoms with Crippen LogP contribution in [0.1, 0.15) is 30.5 Å². The van der Waals surface area contributed by atoms with Gasteiger partial charge in [0.25, 0.3) is 5.91 Å². The second-order valence-electron chi connectivity index (χ2n) is 6.48. The number of carbonyl (C=O) groups is 2. The van der Waals surface area contributed by atoms with Crippen molar-refractivity contribution in [1.82, 2.24) is 20.1 Å². The van der Waals surface area contributed by atoms with Crippen LogP contribution >= 0.6 is 0 Å². The van der Waals surface area contributed by atoms with Crippen LogP contribution in [-0.2, 0) is 4.79 Å². The summed E-state index contributed by atoms with van der Waals surface area (Å²) in [6.07, 6.45) is 1.75. The summed E-state index contributed by atoms with van der Waals surface area (Å²) in [5.41, 5.74) is 1.31. The third-order valence-electron chi connectivity index (χ3n) is 4.72. The Morgan fingerprint density at radius 2 is 2.27 bits per heavy atom. The van der Waals surface area contributed by atoms with Crippen molar-refractivity contribution in [3.8, 4) is 5.75 Å². The zero-order valence-electron chi connectivity index (χ0n) is 14.7. The number of likely N-dealkylation sites (N-methyl/N-ethyl adjacent to an activating group) is 1. The molecule has 2 N–H and O–H groups in total. The number of aromatic nitrogens is 3. The van der Waals surface area contributed by atoms with Crippen molar-refractivity contribution in [2.75, 3.05) is 30.4 Å². The highest BCUT2D eigenvalue weighted by atomic mass is 16.5. The highest BCUT2D eigenvalue weighted by molar-refractivity contribution is 5.98. The summed E-state index contributed by atoms with van der Waals surface area (Å²) in [7, 11) is 1.70. The van der Waals surface area contributed by atoms with Gasteiger partial charge in [0.2, 0.25) is 0 Å². The van der Waals surface area contributed by atoms with Crippen LogP contribution in [-0.4, -0.2) is 52.2 Å². The number of anilines is 2. The number of ether oxygens (including phenoxy) is 1. The molecular formula is C17H20N6O3. The van der Waals surface area contributed by atoms with Crippen LogP contribution in [0.5, 0.6) is 5.75 Å². The zero-order valence-corrected chi connectivity index (χ0v) is 14.7. The molecule has 0 bridgehead atoms. The van der Waals surface area contributed by atoms with E-state index in [1.165, 1.54) is 0 Å². The molecule has 9 heteroatoms. The topological polar surface area (TPSA) is 103 Å². The maximum atomic E-state index is 12.7. The monoisotopic (exact) mass is 356 g/mol. The molecule has 0 unspecified atom stereocenters. The zero-order chi connectivity index (χ0) is 18.3. The number of likely N-dealkylation sites (tertiary alicyclic amines) is 1. The third kappa shape index (κ3) is 2.85. The van der Waals surface area contributed by atoms with Gasteiger partial charge in [0.1, 0.15) is 11.6 Å². The lowest BCUT2D eigenvalue weighted by Gasteiger charge is -2.27. The molecule has 0 saturated carbocycles. The van der Waals surface area contributed by atoms with Gasteiger partial charge in [-0.2, -0.15) is 5.10 Å². The molecule has 1 aromatic carbocycles. The third-order valence-corrected chi connectivity index (χ3v) is 4.72. The molecule has 3 amide bonds. The lowest BCUT2D eigenvalue weighted by Crippen LogP contribution is -2.36. The first kappa shape index (κ1) is 16.4. The molecule has 26 heavy (non-hydrogen) atoms. The van der Waals surface area contributed by atoms with Crippen molar-refractivity contribution in [2.24, 2.45) is 0 Å². The number of amides is 3. The lowest BCUT2D eigenvalue weighted by atomic mass is 10.2. The number of hydrogen-bond acceptors (Lipinski definition) is 5. The van der Waals surface area contributed by atoms with Crippen molar-refractivity contribution >= 4 is 23.3 Å². The minimum Gasteiger partial charge on any atom is -0.481 e. The highest BCUT2D eigenvalue weighted by Crippen LogP contribution is 2.34. The maximum absolute atomic E-state index is 12.7. The van der Waals surface area contributed by atoms with E-state index >= 15 is 0 Å². The van der Waals surface area contributed by atoms with Crippen molar-refractivity contribution in [3.63, 3.8) is 0 Å². The molecular weight excluding hydrogens is 336 g/mol. The molecule has 1 atom stereocenters. The van der Waals surface area contributed by atoms with E-state index in [2.05, 4.69) is 20.5 Å². The van der Waals surface area contributed by atoms with Crippen molar-refractivity contribution in [2.45, 2.75) is 25.8 Å². The molecule has 2 aromatic rings. The van der Waals surface area contributed by atoms with Crippen LogP contribution in [0.3, 0.4) is 0 Å². The molecule has 136 valence electrons. The number of rotatable bonds is 2. The van der Waals surface area contributed by atoms with Gasteiger partial charge in [-0.3, -0.25) is 9.89 Å². The number of nitrogens with zero attached hydrogens (tertiary/aromatic N) is 4. The second-order valence-corrected chi connectivity index (χ2v) is 6.48. The number of H-pyrrole nitrogens is 1. The van der Waals surface area contributed by atoms with Gasteiger partial charge in [0, 0.05) is 25.3 Å². The Morgan fingerprint density at radius 3 is 3.04 bits per heavy atom. The Bertz CT molecular complexity index is 864. The molecule has 4 rings (SSSR count). The minimum absolute atomic E-state index is 0.000716. The number of urea groups is 1. The predicted molar refractivity (Wildman–Crippen MR) is 94.2 cm³/mol. The van der Waals surface area contributed by atoms with Gasteiger partial charge in [-0.15, -0.1) is 0 Å². The van der Waals surface area contributed by atoms with Crippen LogP contribution < -0.4 is 15.0 Å². The Morgan fingerprint density at radius 1 is 1.42 bits per heavy atom. The van der Waals surface area contributed by atoms with Crippen LogP contribution in [0, 0.1) is 6.92 Å². The van der Waals surface area contributed by atoms with Crippen LogP contribution in [0.4, 0.5) is 16.2 Å².